The van der Waals surface area contributed by atoms with Crippen LogP contribution in [0.3, 0.4) is 0 Å². The number of halogens is 3. The molecular formula is C18H17Cl3N2O7S. The van der Waals surface area contributed by atoms with Crippen molar-refractivity contribution in [1.29, 1.82) is 0 Å². The second kappa shape index (κ2) is 9.41. The van der Waals surface area contributed by atoms with E-state index in [4.69, 9.17) is 44.4 Å². The number of alkyl halides is 3. The van der Waals surface area contributed by atoms with Crippen molar-refractivity contribution >= 4 is 70.8 Å². The predicted molar refractivity (Wildman–Crippen MR) is 113 cm³/mol. The molecule has 1 N–H and O–H groups in total. The summed E-state index contributed by atoms with van der Waals surface area (Å²) in [5.74, 6) is -2.33. The summed E-state index contributed by atoms with van der Waals surface area (Å²) in [6.45, 7) is -1.05. The Hall–Kier alpha value is -1.72. The number of carbonyl (C=O) groups is 4. The summed E-state index contributed by atoms with van der Waals surface area (Å²) < 4.78 is 3.46. The number of carboxylic acids is 1. The Morgan fingerprint density at radius 3 is 2.58 bits per heavy atom. The van der Waals surface area contributed by atoms with Crippen molar-refractivity contribution < 1.29 is 33.9 Å². The molecule has 13 heteroatoms. The second-order valence-corrected chi connectivity index (χ2v) is 10.6. The number of hydrogen-bond donors (Lipinski definition) is 1. The number of hydrogen-bond acceptors (Lipinski definition) is 7. The number of esters is 1. The van der Waals surface area contributed by atoms with Gasteiger partial charge in [-0.1, -0.05) is 53.0 Å². The van der Waals surface area contributed by atoms with Gasteiger partial charge in [-0.15, -0.1) is 11.8 Å². The third kappa shape index (κ3) is 5.20. The number of hydroxylamine groups is 2. The summed E-state index contributed by atoms with van der Waals surface area (Å²) in [6.07, 6.45) is 0.303. The zero-order valence-corrected chi connectivity index (χ0v) is 18.9. The fraction of sp³-hybridized carbons (Fsp3) is 0.444. The van der Waals surface area contributed by atoms with Gasteiger partial charge in [-0.05, 0) is 12.1 Å². The molecule has 3 rings (SSSR count). The number of thioether (sulfide) groups is 1. The largest absolute Gasteiger partial charge is 0.481 e. The molecular weight excluding hydrogens is 495 g/mol. The van der Waals surface area contributed by atoms with E-state index in [1.54, 1.807) is 30.3 Å². The average molecular weight is 512 g/mol. The predicted octanol–water partition coefficient (Wildman–Crippen LogP) is 1.96. The lowest BCUT2D eigenvalue weighted by atomic mass is 9.88. The number of benzene rings is 1. The molecule has 0 spiro atoms. The summed E-state index contributed by atoms with van der Waals surface area (Å²) in [6, 6.07) is 7.18. The van der Waals surface area contributed by atoms with Crippen LogP contribution in [0.5, 0.6) is 0 Å². The zero-order valence-electron chi connectivity index (χ0n) is 15.8. The molecule has 0 aromatic heterocycles. The molecule has 2 amide bonds. The van der Waals surface area contributed by atoms with Crippen LogP contribution >= 0.6 is 46.6 Å². The van der Waals surface area contributed by atoms with Gasteiger partial charge in [0.15, 0.2) is 6.04 Å². The van der Waals surface area contributed by atoms with E-state index < -0.39 is 51.7 Å². The third-order valence-electron chi connectivity index (χ3n) is 4.81. The molecule has 1 aromatic carbocycles. The molecule has 0 aliphatic carbocycles. The first-order chi connectivity index (χ1) is 14.6. The van der Waals surface area contributed by atoms with Gasteiger partial charge in [0.2, 0.25) is 10.2 Å². The van der Waals surface area contributed by atoms with Gasteiger partial charge in [0.1, 0.15) is 24.0 Å². The van der Waals surface area contributed by atoms with Crippen LogP contribution in [0.1, 0.15) is 10.4 Å². The van der Waals surface area contributed by atoms with Crippen LogP contribution in [0, 0.1) is 5.41 Å². The van der Waals surface area contributed by atoms with Gasteiger partial charge >= 0.3 is 11.9 Å². The molecule has 168 valence electrons. The topological polar surface area (TPSA) is 113 Å². The Labute approximate surface area is 196 Å². The standard InChI is InChI=1S/C18H17Cl3N2O7S/c19-18(20,21)8-30-23(10-24)12-13(25)22-6-17(16(27)28,9-31-14(12)22)7-29-15(26)11-4-2-1-3-5-11/h1-5,10,12,14H,6-9H2,(H,27,28)/t12?,14-,17?/m1/s1. The zero-order chi connectivity index (χ0) is 22.8. The lowest BCUT2D eigenvalue weighted by Gasteiger charge is -2.54. The Morgan fingerprint density at radius 2 is 2.00 bits per heavy atom. The number of carbonyl (C=O) groups excluding carboxylic acids is 3. The van der Waals surface area contributed by atoms with E-state index in [0.29, 0.717) is 6.41 Å². The molecule has 2 heterocycles. The highest BCUT2D eigenvalue weighted by molar-refractivity contribution is 8.00. The Kier molecular flexibility index (Phi) is 7.27. The van der Waals surface area contributed by atoms with Gasteiger partial charge < -0.3 is 14.7 Å². The van der Waals surface area contributed by atoms with Crippen LogP contribution in [0.25, 0.3) is 0 Å². The lowest BCUT2D eigenvalue weighted by Crippen LogP contribution is -2.74. The van der Waals surface area contributed by atoms with Crippen LogP contribution in [-0.2, 0) is 24.0 Å². The Morgan fingerprint density at radius 1 is 1.32 bits per heavy atom. The maximum absolute atomic E-state index is 12.6. The van der Waals surface area contributed by atoms with Crippen LogP contribution in [0.4, 0.5) is 0 Å². The highest BCUT2D eigenvalue weighted by atomic mass is 35.6. The van der Waals surface area contributed by atoms with Crippen LogP contribution in [0.2, 0.25) is 0 Å². The number of carboxylic acid groups (broad SMARTS) is 1. The van der Waals surface area contributed by atoms with E-state index in [0.717, 1.165) is 16.8 Å². The number of aliphatic carboxylic acids is 1. The molecule has 3 atom stereocenters. The number of ether oxygens (including phenoxy) is 1. The van der Waals surface area contributed by atoms with Gasteiger partial charge in [0.25, 0.3) is 5.91 Å². The first kappa shape index (κ1) is 23.9. The second-order valence-electron chi connectivity index (χ2n) is 6.99. The van der Waals surface area contributed by atoms with Gasteiger partial charge in [0, 0.05) is 12.3 Å². The van der Waals surface area contributed by atoms with E-state index in [-0.39, 0.29) is 17.9 Å². The summed E-state index contributed by atoms with van der Waals surface area (Å²) in [4.78, 5) is 54.6. The minimum atomic E-state index is -1.78. The lowest BCUT2D eigenvalue weighted by molar-refractivity contribution is -0.212. The Balaban J connectivity index is 1.65. The minimum absolute atomic E-state index is 0.0481. The molecule has 0 radical (unpaired) electrons. The molecule has 2 saturated heterocycles. The molecule has 2 unspecified atom stereocenters. The molecule has 2 aliphatic rings. The Bertz CT molecular complexity index is 869. The van der Waals surface area contributed by atoms with E-state index in [9.17, 15) is 24.3 Å². The number of rotatable bonds is 8. The van der Waals surface area contributed by atoms with Crippen LogP contribution in [0.15, 0.2) is 30.3 Å². The van der Waals surface area contributed by atoms with Crippen LogP contribution in [-0.4, -0.2) is 80.0 Å². The van der Waals surface area contributed by atoms with E-state index in [1.165, 1.54) is 4.90 Å². The maximum atomic E-state index is 12.6. The highest BCUT2D eigenvalue weighted by Gasteiger charge is 2.59. The van der Waals surface area contributed by atoms with Gasteiger partial charge in [0.05, 0.1) is 5.56 Å². The summed E-state index contributed by atoms with van der Waals surface area (Å²) >= 11 is 18.0. The van der Waals surface area contributed by atoms with Crippen LogP contribution < -0.4 is 0 Å². The summed E-state index contributed by atoms with van der Waals surface area (Å²) in [5.41, 5.74) is -1.20. The van der Waals surface area contributed by atoms with Crippen molar-refractivity contribution in [2.75, 3.05) is 25.5 Å². The van der Waals surface area contributed by atoms with E-state index >= 15 is 0 Å². The minimum Gasteiger partial charge on any atom is -0.481 e. The number of fused-ring (bicyclic) bond motifs is 1. The summed E-state index contributed by atoms with van der Waals surface area (Å²) in [5, 5.41) is 10.0. The molecule has 0 bridgehead atoms. The molecule has 9 nitrogen and oxygen atoms in total. The smallest absolute Gasteiger partial charge is 0.338 e. The fourth-order valence-corrected chi connectivity index (χ4v) is 4.88. The highest BCUT2D eigenvalue weighted by Crippen LogP contribution is 2.44. The normalized spacial score (nSPS) is 25.3. The quantitative estimate of drug-likeness (QED) is 0.185. The van der Waals surface area contributed by atoms with E-state index in [2.05, 4.69) is 0 Å². The van der Waals surface area contributed by atoms with Crippen molar-refractivity contribution in [2.45, 2.75) is 15.2 Å². The van der Waals surface area contributed by atoms with Crippen molar-refractivity contribution in [3.05, 3.63) is 35.9 Å². The number of amides is 2. The number of nitrogens with zero attached hydrogens (tertiary/aromatic N) is 2. The molecule has 0 saturated carbocycles. The SMILES string of the molecule is O=CN(OCC(Cl)(Cl)Cl)C1C(=O)N2CC(COC(=O)c3ccccc3)(C(=O)O)CS[C@H]12. The molecule has 1 aromatic rings. The van der Waals surface area contributed by atoms with Crippen molar-refractivity contribution in [2.24, 2.45) is 5.41 Å². The van der Waals surface area contributed by atoms with Gasteiger partial charge in [-0.3, -0.25) is 19.2 Å². The number of β-lactam (4-membered cyclic amide) rings is 1. The molecule has 31 heavy (non-hydrogen) atoms. The van der Waals surface area contributed by atoms with Crippen molar-refractivity contribution in [1.82, 2.24) is 9.96 Å². The monoisotopic (exact) mass is 510 g/mol. The fourth-order valence-electron chi connectivity index (χ4n) is 3.17. The van der Waals surface area contributed by atoms with Crippen molar-refractivity contribution in [3.63, 3.8) is 0 Å². The van der Waals surface area contributed by atoms with E-state index in [1.807, 2.05) is 0 Å². The van der Waals surface area contributed by atoms with Crippen molar-refractivity contribution in [3.8, 4) is 0 Å². The maximum Gasteiger partial charge on any atom is 0.338 e. The average Bonchev–Trinajstić information content (AvgIpc) is 2.74. The third-order valence-corrected chi connectivity index (χ3v) is 6.72. The molecule has 2 fully saturated rings. The van der Waals surface area contributed by atoms with Gasteiger partial charge in [-0.2, -0.15) is 0 Å². The first-order valence-electron chi connectivity index (χ1n) is 8.89. The first-order valence-corrected chi connectivity index (χ1v) is 11.1. The van der Waals surface area contributed by atoms with Gasteiger partial charge in [-0.25, -0.2) is 9.86 Å². The molecule has 2 aliphatic heterocycles. The summed E-state index contributed by atoms with van der Waals surface area (Å²) in [7, 11) is 0.